The molecule has 0 aliphatic carbocycles. The van der Waals surface area contributed by atoms with Crippen molar-refractivity contribution in [2.45, 2.75) is 33.7 Å². The highest BCUT2D eigenvalue weighted by atomic mass is 15.2. The van der Waals surface area contributed by atoms with Crippen molar-refractivity contribution in [3.8, 4) is 0 Å². The van der Waals surface area contributed by atoms with Crippen LogP contribution in [0.5, 0.6) is 0 Å². The molecule has 2 heterocycles. The average molecular weight is 261 g/mol. The third-order valence-electron chi connectivity index (χ3n) is 3.56. The first-order chi connectivity index (χ1) is 9.06. The molecule has 104 valence electrons. The van der Waals surface area contributed by atoms with Crippen molar-refractivity contribution in [1.29, 1.82) is 0 Å². The molecule has 0 spiro atoms. The molecule has 0 radical (unpaired) electrons. The number of fused-ring (bicyclic) bond motifs is 1. The Morgan fingerprint density at radius 2 is 1.95 bits per heavy atom. The van der Waals surface area contributed by atoms with Crippen LogP contribution in [0.3, 0.4) is 0 Å². The summed E-state index contributed by atoms with van der Waals surface area (Å²) in [5.41, 5.74) is 8.80. The van der Waals surface area contributed by atoms with E-state index >= 15 is 0 Å². The number of hydrogen-bond donors (Lipinski definition) is 1. The quantitative estimate of drug-likeness (QED) is 0.896. The predicted molar refractivity (Wildman–Crippen MR) is 79.2 cm³/mol. The molecule has 0 aliphatic rings. The number of pyridine rings is 1. The van der Waals surface area contributed by atoms with Gasteiger partial charge in [0.05, 0.1) is 0 Å². The highest BCUT2D eigenvalue weighted by Crippen LogP contribution is 2.22. The Bertz CT molecular complexity index is 556. The molecule has 0 aliphatic heterocycles. The number of likely N-dealkylation sites (N-methyl/N-ethyl adjacent to an activating group) is 1. The molecule has 0 saturated heterocycles. The van der Waals surface area contributed by atoms with Crippen LogP contribution in [-0.2, 0) is 0 Å². The third kappa shape index (κ3) is 2.71. The fraction of sp³-hybridized carbons (Fsp3) is 0.571. The monoisotopic (exact) mass is 261 g/mol. The Balaban J connectivity index is 2.37. The Hall–Kier alpha value is -1.62. The summed E-state index contributed by atoms with van der Waals surface area (Å²) >= 11 is 0. The summed E-state index contributed by atoms with van der Waals surface area (Å²) in [6, 6.07) is 4.21. The number of anilines is 1. The minimum atomic E-state index is 0.263. The SMILES string of the molecule is CCN(CC)CC(C)n1c(N)nc2ccc(C)nc21. The Kier molecular flexibility index (Phi) is 4.04. The highest BCUT2D eigenvalue weighted by molar-refractivity contribution is 5.74. The van der Waals surface area contributed by atoms with Crippen molar-refractivity contribution < 1.29 is 0 Å². The van der Waals surface area contributed by atoms with Gasteiger partial charge in [0.25, 0.3) is 0 Å². The topological polar surface area (TPSA) is 60.0 Å². The molecule has 0 saturated carbocycles. The maximum atomic E-state index is 6.06. The zero-order valence-electron chi connectivity index (χ0n) is 12.2. The molecule has 1 atom stereocenters. The minimum absolute atomic E-state index is 0.263. The summed E-state index contributed by atoms with van der Waals surface area (Å²) in [6.07, 6.45) is 0. The van der Waals surface area contributed by atoms with Gasteiger partial charge in [0.2, 0.25) is 5.95 Å². The zero-order chi connectivity index (χ0) is 14.0. The number of imidazole rings is 1. The van der Waals surface area contributed by atoms with Gasteiger partial charge in [-0.15, -0.1) is 0 Å². The molecule has 0 fully saturated rings. The fourth-order valence-corrected chi connectivity index (χ4v) is 2.46. The van der Waals surface area contributed by atoms with Gasteiger partial charge in [0.15, 0.2) is 5.65 Å². The predicted octanol–water partition coefficient (Wildman–Crippen LogP) is 2.22. The van der Waals surface area contributed by atoms with Gasteiger partial charge in [-0.25, -0.2) is 9.97 Å². The second-order valence-corrected chi connectivity index (χ2v) is 4.97. The van der Waals surface area contributed by atoms with Crippen molar-refractivity contribution in [3.63, 3.8) is 0 Å². The Morgan fingerprint density at radius 3 is 2.58 bits per heavy atom. The molecule has 19 heavy (non-hydrogen) atoms. The van der Waals surface area contributed by atoms with Gasteiger partial charge < -0.3 is 10.6 Å². The zero-order valence-corrected chi connectivity index (χ0v) is 12.2. The fourth-order valence-electron chi connectivity index (χ4n) is 2.46. The van der Waals surface area contributed by atoms with Gasteiger partial charge in [-0.2, -0.15) is 0 Å². The first-order valence-electron chi connectivity index (χ1n) is 6.90. The molecule has 0 aromatic carbocycles. The second kappa shape index (κ2) is 5.57. The summed E-state index contributed by atoms with van der Waals surface area (Å²) in [6.45, 7) is 11.5. The summed E-state index contributed by atoms with van der Waals surface area (Å²) < 4.78 is 2.04. The summed E-state index contributed by atoms with van der Waals surface area (Å²) in [4.78, 5) is 11.4. The normalized spacial score (nSPS) is 13.3. The molecule has 2 rings (SSSR count). The van der Waals surface area contributed by atoms with Crippen LogP contribution in [0.2, 0.25) is 0 Å². The van der Waals surface area contributed by atoms with E-state index in [1.807, 2.05) is 23.6 Å². The first kappa shape index (κ1) is 13.8. The van der Waals surface area contributed by atoms with Gasteiger partial charge in [-0.05, 0) is 39.1 Å². The number of hydrogen-bond acceptors (Lipinski definition) is 4. The van der Waals surface area contributed by atoms with E-state index in [0.717, 1.165) is 36.5 Å². The highest BCUT2D eigenvalue weighted by Gasteiger charge is 2.16. The minimum Gasteiger partial charge on any atom is -0.369 e. The molecule has 5 nitrogen and oxygen atoms in total. The van der Waals surface area contributed by atoms with E-state index in [9.17, 15) is 0 Å². The van der Waals surface area contributed by atoms with E-state index in [0.29, 0.717) is 5.95 Å². The molecule has 2 aromatic rings. The number of rotatable bonds is 5. The van der Waals surface area contributed by atoms with Crippen LogP contribution in [0, 0.1) is 6.92 Å². The van der Waals surface area contributed by atoms with Crippen molar-refractivity contribution in [2.75, 3.05) is 25.4 Å². The van der Waals surface area contributed by atoms with Gasteiger partial charge in [-0.1, -0.05) is 13.8 Å². The molecule has 1 unspecified atom stereocenters. The van der Waals surface area contributed by atoms with Gasteiger partial charge >= 0.3 is 0 Å². The van der Waals surface area contributed by atoms with Crippen molar-refractivity contribution in [1.82, 2.24) is 19.4 Å². The molecular weight excluding hydrogens is 238 g/mol. The summed E-state index contributed by atoms with van der Waals surface area (Å²) in [7, 11) is 0. The molecule has 2 N–H and O–H groups in total. The van der Waals surface area contributed by atoms with Gasteiger partial charge in [0, 0.05) is 18.3 Å². The number of nitrogens with two attached hydrogens (primary N) is 1. The van der Waals surface area contributed by atoms with Crippen LogP contribution in [0.1, 0.15) is 32.5 Å². The van der Waals surface area contributed by atoms with E-state index in [4.69, 9.17) is 5.73 Å². The van der Waals surface area contributed by atoms with E-state index in [1.165, 1.54) is 0 Å². The first-order valence-corrected chi connectivity index (χ1v) is 6.90. The van der Waals surface area contributed by atoms with Crippen LogP contribution in [0.4, 0.5) is 5.95 Å². The van der Waals surface area contributed by atoms with Crippen molar-refractivity contribution >= 4 is 17.1 Å². The average Bonchev–Trinajstić information content (AvgIpc) is 2.71. The van der Waals surface area contributed by atoms with Gasteiger partial charge in [-0.3, -0.25) is 4.57 Å². The second-order valence-electron chi connectivity index (χ2n) is 4.97. The molecule has 5 heteroatoms. The molecular formula is C14H23N5. The van der Waals surface area contributed by atoms with E-state index in [-0.39, 0.29) is 6.04 Å². The van der Waals surface area contributed by atoms with Crippen molar-refractivity contribution in [3.05, 3.63) is 17.8 Å². The van der Waals surface area contributed by atoms with Crippen LogP contribution in [0.15, 0.2) is 12.1 Å². The number of aromatic nitrogens is 3. The van der Waals surface area contributed by atoms with E-state index < -0.39 is 0 Å². The Labute approximate surface area is 114 Å². The maximum absolute atomic E-state index is 6.06. The lowest BCUT2D eigenvalue weighted by atomic mass is 10.3. The summed E-state index contributed by atoms with van der Waals surface area (Å²) in [5.74, 6) is 0.549. The molecule has 0 amide bonds. The van der Waals surface area contributed by atoms with Crippen LogP contribution >= 0.6 is 0 Å². The molecule has 0 bridgehead atoms. The number of nitrogens with zero attached hydrogens (tertiary/aromatic N) is 4. The third-order valence-corrected chi connectivity index (χ3v) is 3.56. The van der Waals surface area contributed by atoms with Crippen LogP contribution in [-0.4, -0.2) is 39.1 Å². The van der Waals surface area contributed by atoms with Gasteiger partial charge in [0.1, 0.15) is 5.52 Å². The van der Waals surface area contributed by atoms with Crippen molar-refractivity contribution in [2.24, 2.45) is 0 Å². The Morgan fingerprint density at radius 1 is 1.26 bits per heavy atom. The van der Waals surface area contributed by atoms with Crippen LogP contribution in [0.25, 0.3) is 11.2 Å². The lowest BCUT2D eigenvalue weighted by Crippen LogP contribution is -2.30. The lowest BCUT2D eigenvalue weighted by molar-refractivity contribution is 0.264. The largest absolute Gasteiger partial charge is 0.369 e. The van der Waals surface area contributed by atoms with E-state index in [2.05, 4.69) is 35.6 Å². The van der Waals surface area contributed by atoms with Crippen LogP contribution < -0.4 is 5.73 Å². The lowest BCUT2D eigenvalue weighted by Gasteiger charge is -2.24. The smallest absolute Gasteiger partial charge is 0.202 e. The maximum Gasteiger partial charge on any atom is 0.202 e. The number of aryl methyl sites for hydroxylation is 1. The summed E-state index contributed by atoms with van der Waals surface area (Å²) in [5, 5.41) is 0. The van der Waals surface area contributed by atoms with E-state index in [1.54, 1.807) is 0 Å². The standard InChI is InChI=1S/C14H23N5/c1-5-18(6-2)9-11(4)19-13-12(17-14(19)15)8-7-10(3)16-13/h7-8,11H,5-6,9H2,1-4H3,(H2,15,17). The number of nitrogen functional groups attached to an aromatic ring is 1. The molecule has 2 aromatic heterocycles.